The van der Waals surface area contributed by atoms with Gasteiger partial charge in [-0.1, -0.05) is 0 Å². The number of ether oxygens (including phenoxy) is 1. The molecule has 2 bridgehead atoms. The highest BCUT2D eigenvalue weighted by Crippen LogP contribution is 2.42. The lowest BCUT2D eigenvalue weighted by Crippen LogP contribution is -2.54. The highest BCUT2D eigenvalue weighted by molar-refractivity contribution is 6.00. The number of fused-ring (bicyclic) bond motifs is 5. The Balaban J connectivity index is 1.33. The third-order valence-electron chi connectivity index (χ3n) is 7.97. The molecule has 5 aliphatic heterocycles. The van der Waals surface area contributed by atoms with Gasteiger partial charge >= 0.3 is 6.18 Å². The number of anilines is 4. The van der Waals surface area contributed by atoms with Gasteiger partial charge in [0.05, 0.1) is 55.1 Å². The van der Waals surface area contributed by atoms with Crippen molar-refractivity contribution in [1.29, 1.82) is 0 Å². The van der Waals surface area contributed by atoms with E-state index in [1.54, 1.807) is 6.07 Å². The SMILES string of the molecule is O=C(C1CCN(CC(F)(F)F)CC1)N1Cc2cc(F)cnc2Nc2cc(F)c(N3C[C@@H]4CC[C@H]3CO4)cc21. The molecule has 0 saturated carbocycles. The number of morpholine rings is 1. The molecule has 1 amide bonds. The van der Waals surface area contributed by atoms with Gasteiger partial charge in [0.15, 0.2) is 0 Å². The minimum absolute atomic E-state index is 0.00191. The maximum Gasteiger partial charge on any atom is 0.401 e. The summed E-state index contributed by atoms with van der Waals surface area (Å²) < 4.78 is 73.9. The van der Waals surface area contributed by atoms with Crippen molar-refractivity contribution < 1.29 is 31.5 Å². The molecule has 1 aromatic carbocycles. The van der Waals surface area contributed by atoms with E-state index in [-0.39, 0.29) is 50.5 Å². The largest absolute Gasteiger partial charge is 0.401 e. The molecule has 2 atom stereocenters. The lowest BCUT2D eigenvalue weighted by atomic mass is 9.94. The third-order valence-corrected chi connectivity index (χ3v) is 7.97. The molecule has 0 radical (unpaired) electrons. The van der Waals surface area contributed by atoms with Gasteiger partial charge in [-0.25, -0.2) is 13.8 Å². The number of carbonyl (C=O) groups is 1. The van der Waals surface area contributed by atoms with Crippen LogP contribution in [0.15, 0.2) is 24.4 Å². The molecule has 1 aromatic heterocycles. The minimum atomic E-state index is -4.30. The molecule has 12 heteroatoms. The van der Waals surface area contributed by atoms with E-state index in [0.29, 0.717) is 41.6 Å². The number of nitrogens with one attached hydrogen (secondary N) is 1. The van der Waals surface area contributed by atoms with Gasteiger partial charge in [-0.15, -0.1) is 0 Å². The van der Waals surface area contributed by atoms with Gasteiger partial charge in [0.2, 0.25) is 5.91 Å². The number of aromatic nitrogens is 1. The van der Waals surface area contributed by atoms with E-state index < -0.39 is 30.3 Å². The molecule has 1 N–H and O–H groups in total. The fraction of sp³-hybridized carbons (Fsp3) is 0.538. The van der Waals surface area contributed by atoms with E-state index in [2.05, 4.69) is 10.3 Å². The van der Waals surface area contributed by atoms with Gasteiger partial charge in [0.25, 0.3) is 0 Å². The summed E-state index contributed by atoms with van der Waals surface area (Å²) in [5.41, 5.74) is 1.55. The van der Waals surface area contributed by atoms with Gasteiger partial charge in [-0.2, -0.15) is 13.2 Å². The zero-order valence-corrected chi connectivity index (χ0v) is 20.6. The summed E-state index contributed by atoms with van der Waals surface area (Å²) in [6, 6.07) is 4.30. The first kappa shape index (κ1) is 25.3. The first-order valence-corrected chi connectivity index (χ1v) is 12.9. The van der Waals surface area contributed by atoms with Crippen molar-refractivity contribution in [1.82, 2.24) is 9.88 Å². The van der Waals surface area contributed by atoms with E-state index in [4.69, 9.17) is 4.74 Å². The summed E-state index contributed by atoms with van der Waals surface area (Å²) in [5.74, 6) is -1.50. The standard InChI is InChI=1S/C26H28F5N5O2/c27-17-7-16-11-36(25(37)15-3-5-34(6-4-15)14-26(29,30)31)23-9-22(35-12-19-2-1-18(35)13-38-19)20(28)8-21(23)33-24(16)32-10-17/h7-10,15,18-19H,1-6,11-14H2,(H,32,33)/t18-,19-/m0/s1. The molecular formula is C26H28F5N5O2. The lowest BCUT2D eigenvalue weighted by Gasteiger charge is -2.46. The second kappa shape index (κ2) is 9.64. The summed E-state index contributed by atoms with van der Waals surface area (Å²) >= 11 is 0. The third kappa shape index (κ3) is 4.91. The number of piperidine rings is 2. The summed E-state index contributed by atoms with van der Waals surface area (Å²) in [5, 5.41) is 3.07. The number of alkyl halides is 3. The van der Waals surface area contributed by atoms with Crippen molar-refractivity contribution in [2.24, 2.45) is 5.92 Å². The first-order valence-electron chi connectivity index (χ1n) is 12.9. The Morgan fingerprint density at radius 3 is 2.53 bits per heavy atom. The Labute approximate surface area is 216 Å². The summed E-state index contributed by atoms with van der Waals surface area (Å²) in [6.07, 6.45) is -0.895. The minimum Gasteiger partial charge on any atom is -0.374 e. The molecule has 6 heterocycles. The molecule has 38 heavy (non-hydrogen) atoms. The van der Waals surface area contributed by atoms with Gasteiger partial charge in [-0.3, -0.25) is 9.69 Å². The van der Waals surface area contributed by atoms with E-state index >= 15 is 4.39 Å². The highest BCUT2D eigenvalue weighted by Gasteiger charge is 2.39. The number of hydrogen-bond acceptors (Lipinski definition) is 6. The van der Waals surface area contributed by atoms with Crippen LogP contribution in [0.4, 0.5) is 44.8 Å². The fourth-order valence-corrected chi connectivity index (χ4v) is 6.05. The zero-order valence-electron chi connectivity index (χ0n) is 20.6. The van der Waals surface area contributed by atoms with Crippen molar-refractivity contribution in [3.63, 3.8) is 0 Å². The number of nitrogens with zero attached hydrogens (tertiary/aromatic N) is 4. The Morgan fingerprint density at radius 1 is 1.08 bits per heavy atom. The average molecular weight is 538 g/mol. The van der Waals surface area contributed by atoms with Crippen molar-refractivity contribution >= 4 is 28.8 Å². The number of rotatable bonds is 3. The summed E-state index contributed by atoms with van der Waals surface area (Å²) in [7, 11) is 0. The number of benzene rings is 1. The van der Waals surface area contributed by atoms with E-state index in [1.165, 1.54) is 21.9 Å². The normalized spacial score (nSPS) is 24.0. The molecular weight excluding hydrogens is 509 g/mol. The van der Waals surface area contributed by atoms with E-state index in [0.717, 1.165) is 19.0 Å². The lowest BCUT2D eigenvalue weighted by molar-refractivity contribution is -0.149. The molecule has 204 valence electrons. The van der Waals surface area contributed by atoms with Crippen molar-refractivity contribution in [3.8, 4) is 0 Å². The monoisotopic (exact) mass is 537 g/mol. The van der Waals surface area contributed by atoms with Crippen LogP contribution in [0.1, 0.15) is 31.2 Å². The van der Waals surface area contributed by atoms with Crippen LogP contribution in [-0.2, 0) is 16.1 Å². The Hall–Kier alpha value is -2.99. The predicted molar refractivity (Wildman–Crippen MR) is 130 cm³/mol. The molecule has 4 fully saturated rings. The number of carbonyl (C=O) groups excluding carboxylic acids is 1. The summed E-state index contributed by atoms with van der Waals surface area (Å²) in [4.78, 5) is 22.8. The van der Waals surface area contributed by atoms with Crippen molar-refractivity contribution in [2.45, 2.75) is 50.6 Å². The van der Waals surface area contributed by atoms with Gasteiger partial charge in [0, 0.05) is 24.1 Å². The van der Waals surface area contributed by atoms with Crippen LogP contribution >= 0.6 is 0 Å². The number of amides is 1. The van der Waals surface area contributed by atoms with Crippen LogP contribution in [0.2, 0.25) is 0 Å². The Bertz CT molecular complexity index is 1230. The van der Waals surface area contributed by atoms with Crippen LogP contribution in [0, 0.1) is 17.6 Å². The first-order chi connectivity index (χ1) is 18.1. The Kier molecular flexibility index (Phi) is 6.42. The van der Waals surface area contributed by atoms with E-state index in [1.807, 2.05) is 4.90 Å². The molecule has 7 nitrogen and oxygen atoms in total. The van der Waals surface area contributed by atoms with Crippen molar-refractivity contribution in [2.75, 3.05) is 47.9 Å². The average Bonchev–Trinajstić information content (AvgIpc) is 3.04. The predicted octanol–water partition coefficient (Wildman–Crippen LogP) is 4.59. The molecule has 0 spiro atoms. The number of likely N-dealkylation sites (tertiary alicyclic amines) is 1. The number of pyridine rings is 1. The van der Waals surface area contributed by atoms with Crippen LogP contribution in [0.5, 0.6) is 0 Å². The van der Waals surface area contributed by atoms with Crippen LogP contribution in [-0.4, -0.2) is 66.9 Å². The smallest absolute Gasteiger partial charge is 0.374 e. The second-order valence-electron chi connectivity index (χ2n) is 10.5. The molecule has 4 saturated heterocycles. The van der Waals surface area contributed by atoms with Crippen LogP contribution < -0.4 is 15.1 Å². The molecule has 0 unspecified atom stereocenters. The van der Waals surface area contributed by atoms with Crippen LogP contribution in [0.25, 0.3) is 0 Å². The molecule has 7 rings (SSSR count). The van der Waals surface area contributed by atoms with Crippen LogP contribution in [0.3, 0.4) is 0 Å². The number of halogens is 5. The maximum absolute atomic E-state index is 15.5. The van der Waals surface area contributed by atoms with E-state index in [9.17, 15) is 22.4 Å². The maximum atomic E-state index is 15.5. The Morgan fingerprint density at radius 2 is 1.87 bits per heavy atom. The summed E-state index contributed by atoms with van der Waals surface area (Å²) in [6.45, 7) is 0.342. The van der Waals surface area contributed by atoms with Crippen molar-refractivity contribution in [3.05, 3.63) is 41.6 Å². The highest BCUT2D eigenvalue weighted by atomic mass is 19.4. The topological polar surface area (TPSA) is 60.9 Å². The molecule has 2 aromatic rings. The van der Waals surface area contributed by atoms with Gasteiger partial charge in [0.1, 0.15) is 17.5 Å². The van der Waals surface area contributed by atoms with Gasteiger partial charge in [-0.05, 0) is 50.9 Å². The number of hydrogen-bond donors (Lipinski definition) is 1. The zero-order chi connectivity index (χ0) is 26.6. The van der Waals surface area contributed by atoms with Gasteiger partial charge < -0.3 is 19.9 Å². The molecule has 0 aliphatic carbocycles. The fourth-order valence-electron chi connectivity index (χ4n) is 6.05. The molecule has 5 aliphatic rings. The second-order valence-corrected chi connectivity index (χ2v) is 10.5. The quantitative estimate of drug-likeness (QED) is 0.578.